The van der Waals surface area contributed by atoms with Gasteiger partial charge in [-0.05, 0) is 17.9 Å². The van der Waals surface area contributed by atoms with Gasteiger partial charge in [-0.1, -0.05) is 11.8 Å². The second-order valence-corrected chi connectivity index (χ2v) is 5.95. The predicted molar refractivity (Wildman–Crippen MR) is 80.2 cm³/mol. The van der Waals surface area contributed by atoms with E-state index in [-0.39, 0.29) is 30.2 Å². The third kappa shape index (κ3) is 2.79. The van der Waals surface area contributed by atoms with Gasteiger partial charge >= 0.3 is 5.97 Å². The molecule has 1 atom stereocenters. The van der Waals surface area contributed by atoms with Crippen LogP contribution in [-0.4, -0.2) is 45.5 Å². The highest BCUT2D eigenvalue weighted by atomic mass is 32.2. The molecule has 0 aromatic carbocycles. The number of hydrogen-bond donors (Lipinski definition) is 3. The summed E-state index contributed by atoms with van der Waals surface area (Å²) >= 11 is 1.16. The lowest BCUT2D eigenvalue weighted by atomic mass is 9.90. The number of carboxylic acids is 1. The van der Waals surface area contributed by atoms with Crippen molar-refractivity contribution < 1.29 is 24.6 Å². The van der Waals surface area contributed by atoms with Crippen molar-refractivity contribution in [2.24, 2.45) is 0 Å². The van der Waals surface area contributed by atoms with Crippen LogP contribution in [0, 0.1) is 0 Å². The van der Waals surface area contributed by atoms with Crippen molar-refractivity contribution in [2.75, 3.05) is 6.61 Å². The first-order valence-electron chi connectivity index (χ1n) is 6.57. The number of fused-ring (bicyclic) bond motifs is 1. The Balaban J connectivity index is 2.20. The number of hydrogen-bond acceptors (Lipinski definition) is 5. The van der Waals surface area contributed by atoms with E-state index in [9.17, 15) is 19.5 Å². The summed E-state index contributed by atoms with van der Waals surface area (Å²) in [5.41, 5.74) is 1.03. The first-order chi connectivity index (χ1) is 10.4. The van der Waals surface area contributed by atoms with E-state index >= 15 is 0 Å². The van der Waals surface area contributed by atoms with E-state index in [1.54, 1.807) is 12.3 Å². The van der Waals surface area contributed by atoms with Crippen LogP contribution in [0.1, 0.15) is 20.3 Å². The molecule has 2 heterocycles. The molecule has 1 unspecified atom stereocenters. The number of β-lactam (4-membered cyclic amide) rings is 1. The zero-order valence-electron chi connectivity index (χ0n) is 12.1. The van der Waals surface area contributed by atoms with Crippen molar-refractivity contribution in [3.8, 4) is 0 Å². The molecule has 2 aliphatic rings. The Hall–Kier alpha value is -2.06. The molecule has 0 radical (unpaired) electrons. The van der Waals surface area contributed by atoms with Gasteiger partial charge < -0.3 is 15.5 Å². The minimum atomic E-state index is -1.16. The highest BCUT2D eigenvalue weighted by Gasteiger charge is 2.52. The van der Waals surface area contributed by atoms with Crippen LogP contribution >= 0.6 is 11.8 Å². The summed E-state index contributed by atoms with van der Waals surface area (Å²) in [5.74, 6) is -1.75. The van der Waals surface area contributed by atoms with E-state index < -0.39 is 5.97 Å². The first kappa shape index (κ1) is 16.3. The molecular formula is C14H16N2O5S. The number of carboxylic acid groups (broad SMARTS) is 1. The van der Waals surface area contributed by atoms with Gasteiger partial charge in [-0.15, -0.1) is 0 Å². The predicted octanol–water partition coefficient (Wildman–Crippen LogP) is 0.546. The Morgan fingerprint density at radius 1 is 1.45 bits per heavy atom. The normalized spacial score (nSPS) is 22.8. The summed E-state index contributed by atoms with van der Waals surface area (Å²) in [4.78, 5) is 36.1. The van der Waals surface area contributed by atoms with Crippen LogP contribution < -0.4 is 5.32 Å². The van der Waals surface area contributed by atoms with Gasteiger partial charge in [0.05, 0.1) is 12.6 Å². The third-order valence-corrected chi connectivity index (χ3v) is 4.36. The summed E-state index contributed by atoms with van der Waals surface area (Å²) < 4.78 is 0. The number of aliphatic carboxylic acids is 1. The lowest BCUT2D eigenvalue weighted by Gasteiger charge is -2.39. The lowest BCUT2D eigenvalue weighted by Crippen LogP contribution is -2.53. The fourth-order valence-corrected chi connectivity index (χ4v) is 3.33. The SMILES string of the molecule is CC(=O)NC=CSC1=C(C(=O)O)N2C(=O)C(=C(C)CO)C2C1. The van der Waals surface area contributed by atoms with Crippen LogP contribution in [0.5, 0.6) is 0 Å². The fraction of sp³-hybridized carbons (Fsp3) is 0.357. The average molecular weight is 324 g/mol. The van der Waals surface area contributed by atoms with E-state index in [1.807, 2.05) is 0 Å². The Morgan fingerprint density at radius 2 is 2.14 bits per heavy atom. The Kier molecular flexibility index (Phi) is 4.72. The van der Waals surface area contributed by atoms with E-state index in [4.69, 9.17) is 5.11 Å². The van der Waals surface area contributed by atoms with Crippen LogP contribution in [-0.2, 0) is 14.4 Å². The molecule has 1 fully saturated rings. The maximum atomic E-state index is 12.1. The molecule has 0 aromatic rings. The molecule has 2 amide bonds. The minimum Gasteiger partial charge on any atom is -0.477 e. The average Bonchev–Trinajstić information content (AvgIpc) is 2.78. The summed E-state index contributed by atoms with van der Waals surface area (Å²) in [6.45, 7) is 2.80. The van der Waals surface area contributed by atoms with Crippen LogP contribution in [0.15, 0.2) is 33.4 Å². The van der Waals surface area contributed by atoms with Crippen LogP contribution in [0.2, 0.25) is 0 Å². The molecule has 22 heavy (non-hydrogen) atoms. The van der Waals surface area contributed by atoms with Gasteiger partial charge in [0.25, 0.3) is 5.91 Å². The van der Waals surface area contributed by atoms with Crippen LogP contribution in [0.25, 0.3) is 0 Å². The molecule has 3 N–H and O–H groups in total. The number of nitrogens with zero attached hydrogens (tertiary/aromatic N) is 1. The number of amides is 2. The highest BCUT2D eigenvalue weighted by molar-refractivity contribution is 8.05. The minimum absolute atomic E-state index is 0.0260. The molecule has 0 spiro atoms. The first-order valence-corrected chi connectivity index (χ1v) is 7.45. The van der Waals surface area contributed by atoms with Gasteiger partial charge in [-0.3, -0.25) is 14.5 Å². The zero-order valence-corrected chi connectivity index (χ0v) is 12.9. The number of rotatable bonds is 5. The number of carbonyl (C=O) groups is 3. The molecular weight excluding hydrogens is 308 g/mol. The Morgan fingerprint density at radius 3 is 2.68 bits per heavy atom. The molecule has 0 bridgehead atoms. The van der Waals surface area contributed by atoms with Crippen molar-refractivity contribution >= 4 is 29.5 Å². The topological polar surface area (TPSA) is 107 Å². The van der Waals surface area contributed by atoms with Crippen molar-refractivity contribution in [3.05, 3.63) is 33.4 Å². The number of thioether (sulfide) groups is 1. The highest BCUT2D eigenvalue weighted by Crippen LogP contribution is 2.46. The van der Waals surface area contributed by atoms with Crippen LogP contribution in [0.4, 0.5) is 0 Å². The largest absolute Gasteiger partial charge is 0.477 e. The Bertz CT molecular complexity index is 635. The fourth-order valence-electron chi connectivity index (χ4n) is 2.48. The summed E-state index contributed by atoms with van der Waals surface area (Å²) in [7, 11) is 0. The van der Waals surface area contributed by atoms with Crippen molar-refractivity contribution in [1.29, 1.82) is 0 Å². The molecule has 2 aliphatic heterocycles. The van der Waals surface area contributed by atoms with E-state index in [2.05, 4.69) is 5.32 Å². The molecule has 8 heteroatoms. The van der Waals surface area contributed by atoms with Gasteiger partial charge in [0, 0.05) is 30.0 Å². The maximum Gasteiger partial charge on any atom is 0.353 e. The molecule has 118 valence electrons. The van der Waals surface area contributed by atoms with E-state index in [0.29, 0.717) is 22.5 Å². The standard InChI is InChI=1S/C14H16N2O5S/c1-7(6-17)11-9-5-10(22-4-3-15-8(2)18)12(14(20)21)16(9)13(11)19/h3-4,9,17H,5-6H2,1-2H3,(H,15,18)(H,20,21). The Labute approximate surface area is 131 Å². The molecule has 2 rings (SSSR count). The van der Waals surface area contributed by atoms with Gasteiger partial charge in [0.2, 0.25) is 5.91 Å². The zero-order chi connectivity index (χ0) is 16.4. The monoisotopic (exact) mass is 324 g/mol. The number of aliphatic hydroxyl groups excluding tert-OH is 1. The van der Waals surface area contributed by atoms with Gasteiger partial charge in [-0.25, -0.2) is 4.79 Å². The lowest BCUT2D eigenvalue weighted by molar-refractivity contribution is -0.142. The van der Waals surface area contributed by atoms with E-state index in [0.717, 1.165) is 11.8 Å². The third-order valence-electron chi connectivity index (χ3n) is 3.44. The van der Waals surface area contributed by atoms with Gasteiger partial charge in [0.15, 0.2) is 0 Å². The van der Waals surface area contributed by atoms with E-state index in [1.165, 1.54) is 18.0 Å². The van der Waals surface area contributed by atoms with Gasteiger partial charge in [-0.2, -0.15) is 0 Å². The summed E-state index contributed by atoms with van der Waals surface area (Å²) in [6.07, 6.45) is 1.82. The maximum absolute atomic E-state index is 12.1. The van der Waals surface area contributed by atoms with Crippen LogP contribution in [0.3, 0.4) is 0 Å². The second-order valence-electron chi connectivity index (χ2n) is 4.95. The molecule has 0 aromatic heterocycles. The summed E-state index contributed by atoms with van der Waals surface area (Å²) in [5, 5.41) is 22.5. The number of carbonyl (C=O) groups excluding carboxylic acids is 2. The second kappa shape index (κ2) is 6.37. The molecule has 0 aliphatic carbocycles. The number of aliphatic hydroxyl groups is 1. The number of nitrogens with one attached hydrogen (secondary N) is 1. The molecule has 1 saturated heterocycles. The smallest absolute Gasteiger partial charge is 0.353 e. The van der Waals surface area contributed by atoms with Crippen molar-refractivity contribution in [3.63, 3.8) is 0 Å². The molecule has 7 nitrogen and oxygen atoms in total. The molecule has 0 saturated carbocycles. The van der Waals surface area contributed by atoms with Gasteiger partial charge in [0.1, 0.15) is 5.70 Å². The van der Waals surface area contributed by atoms with Crippen molar-refractivity contribution in [2.45, 2.75) is 26.3 Å². The quantitative estimate of drug-likeness (QED) is 0.503. The summed E-state index contributed by atoms with van der Waals surface area (Å²) in [6, 6.07) is -0.317. The van der Waals surface area contributed by atoms with Crippen molar-refractivity contribution in [1.82, 2.24) is 10.2 Å².